The molecule has 0 aliphatic carbocycles. The number of carbonyl (C=O) groups excluding carboxylic acids is 2. The quantitative estimate of drug-likeness (QED) is 0.498. The molecular formula is C17H17IN2O5S. The minimum absolute atomic E-state index is 0.0276. The van der Waals surface area contributed by atoms with Crippen molar-refractivity contribution in [3.05, 3.63) is 57.7 Å². The van der Waals surface area contributed by atoms with Gasteiger partial charge < -0.3 is 10.1 Å². The highest BCUT2D eigenvalue weighted by molar-refractivity contribution is 14.1. The Morgan fingerprint density at radius 1 is 1.12 bits per heavy atom. The van der Waals surface area contributed by atoms with Crippen LogP contribution in [0.15, 0.2) is 53.4 Å². The smallest absolute Gasteiger partial charge is 0.338 e. The molecule has 0 radical (unpaired) electrons. The third-order valence-corrected chi connectivity index (χ3v) is 6.08. The first kappa shape index (κ1) is 20.3. The first-order chi connectivity index (χ1) is 12.2. The van der Waals surface area contributed by atoms with E-state index in [-0.39, 0.29) is 10.5 Å². The molecule has 0 unspecified atom stereocenters. The predicted molar refractivity (Wildman–Crippen MR) is 105 cm³/mol. The number of hydrogen-bond acceptors (Lipinski definition) is 5. The number of halogens is 1. The van der Waals surface area contributed by atoms with E-state index in [2.05, 4.69) is 27.9 Å². The van der Waals surface area contributed by atoms with Crippen LogP contribution in [0.1, 0.15) is 10.4 Å². The summed E-state index contributed by atoms with van der Waals surface area (Å²) in [6.45, 7) is -0.478. The van der Waals surface area contributed by atoms with Gasteiger partial charge in [0.2, 0.25) is 10.0 Å². The molecule has 0 aromatic heterocycles. The van der Waals surface area contributed by atoms with Crippen molar-refractivity contribution in [2.45, 2.75) is 4.90 Å². The fraction of sp³-hybridized carbons (Fsp3) is 0.176. The summed E-state index contributed by atoms with van der Waals surface area (Å²) in [7, 11) is -0.867. The summed E-state index contributed by atoms with van der Waals surface area (Å²) in [6, 6.07) is 12.7. The second-order valence-electron chi connectivity index (χ2n) is 5.42. The van der Waals surface area contributed by atoms with Gasteiger partial charge in [0.05, 0.1) is 16.1 Å². The van der Waals surface area contributed by atoms with E-state index < -0.39 is 28.5 Å². The number of nitrogens with zero attached hydrogens (tertiary/aromatic N) is 1. The van der Waals surface area contributed by atoms with Crippen LogP contribution in [0.4, 0.5) is 5.69 Å². The number of para-hydroxylation sites is 1. The normalized spacial score (nSPS) is 11.2. The minimum Gasteiger partial charge on any atom is -0.452 e. The van der Waals surface area contributed by atoms with Crippen molar-refractivity contribution in [1.29, 1.82) is 0 Å². The lowest BCUT2D eigenvalue weighted by Gasteiger charge is -2.12. The number of nitrogens with one attached hydrogen (secondary N) is 1. The van der Waals surface area contributed by atoms with Crippen LogP contribution in [-0.2, 0) is 19.6 Å². The van der Waals surface area contributed by atoms with E-state index in [4.69, 9.17) is 4.74 Å². The Bertz CT molecular complexity index is 928. The van der Waals surface area contributed by atoms with Crippen LogP contribution < -0.4 is 5.32 Å². The molecule has 26 heavy (non-hydrogen) atoms. The zero-order chi connectivity index (χ0) is 19.3. The van der Waals surface area contributed by atoms with Crippen molar-refractivity contribution in [2.24, 2.45) is 0 Å². The number of ether oxygens (including phenoxy) is 1. The van der Waals surface area contributed by atoms with Gasteiger partial charge in [-0.15, -0.1) is 0 Å². The van der Waals surface area contributed by atoms with Crippen molar-refractivity contribution in [2.75, 3.05) is 26.0 Å². The number of amides is 1. The average Bonchev–Trinajstić information content (AvgIpc) is 2.61. The summed E-state index contributed by atoms with van der Waals surface area (Å²) in [4.78, 5) is 24.0. The minimum atomic E-state index is -3.66. The van der Waals surface area contributed by atoms with Crippen molar-refractivity contribution in [3.8, 4) is 0 Å². The molecule has 0 spiro atoms. The van der Waals surface area contributed by atoms with E-state index in [9.17, 15) is 18.0 Å². The maximum Gasteiger partial charge on any atom is 0.338 e. The lowest BCUT2D eigenvalue weighted by molar-refractivity contribution is -0.119. The SMILES string of the molecule is CN(C)S(=O)(=O)c1cccc(C(=O)OCC(=O)Nc2ccccc2I)c1. The summed E-state index contributed by atoms with van der Waals surface area (Å²) < 4.78 is 31.1. The van der Waals surface area contributed by atoms with Crippen LogP contribution in [0.5, 0.6) is 0 Å². The summed E-state index contributed by atoms with van der Waals surface area (Å²) in [5, 5.41) is 2.64. The van der Waals surface area contributed by atoms with Gasteiger partial charge >= 0.3 is 5.97 Å². The Labute approximate surface area is 165 Å². The van der Waals surface area contributed by atoms with Gasteiger partial charge in [0, 0.05) is 17.7 Å². The Morgan fingerprint density at radius 3 is 2.46 bits per heavy atom. The van der Waals surface area contributed by atoms with E-state index in [0.717, 1.165) is 7.88 Å². The predicted octanol–water partition coefficient (Wildman–Crippen LogP) is 2.34. The van der Waals surface area contributed by atoms with Gasteiger partial charge in [-0.05, 0) is 52.9 Å². The number of benzene rings is 2. The molecule has 0 bridgehead atoms. The van der Waals surface area contributed by atoms with E-state index in [1.807, 2.05) is 12.1 Å². The Morgan fingerprint density at radius 2 is 1.81 bits per heavy atom. The molecule has 1 N–H and O–H groups in total. The monoisotopic (exact) mass is 488 g/mol. The Kier molecular flexibility index (Phi) is 6.73. The van der Waals surface area contributed by atoms with Gasteiger partial charge in [-0.2, -0.15) is 0 Å². The summed E-state index contributed by atoms with van der Waals surface area (Å²) in [5.41, 5.74) is 0.670. The zero-order valence-corrected chi connectivity index (χ0v) is 17.1. The van der Waals surface area contributed by atoms with Crippen LogP contribution in [0.25, 0.3) is 0 Å². The van der Waals surface area contributed by atoms with Gasteiger partial charge in [-0.3, -0.25) is 4.79 Å². The van der Waals surface area contributed by atoms with Crippen LogP contribution in [-0.4, -0.2) is 45.3 Å². The maximum atomic E-state index is 12.1. The molecule has 0 heterocycles. The van der Waals surface area contributed by atoms with Crippen molar-refractivity contribution < 1.29 is 22.7 Å². The molecule has 0 aliphatic rings. The molecule has 2 aromatic rings. The van der Waals surface area contributed by atoms with Gasteiger partial charge in [-0.25, -0.2) is 17.5 Å². The highest BCUT2D eigenvalue weighted by Crippen LogP contribution is 2.17. The van der Waals surface area contributed by atoms with Crippen LogP contribution in [0.2, 0.25) is 0 Å². The van der Waals surface area contributed by atoms with Crippen molar-refractivity contribution in [1.82, 2.24) is 4.31 Å². The fourth-order valence-electron chi connectivity index (χ4n) is 1.96. The lowest BCUT2D eigenvalue weighted by atomic mass is 10.2. The van der Waals surface area contributed by atoms with E-state index >= 15 is 0 Å². The first-order valence-electron chi connectivity index (χ1n) is 7.46. The number of anilines is 1. The van der Waals surface area contributed by atoms with Crippen LogP contribution >= 0.6 is 22.6 Å². The number of rotatable bonds is 6. The molecule has 138 valence electrons. The molecule has 0 atom stereocenters. The lowest BCUT2D eigenvalue weighted by Crippen LogP contribution is -2.23. The van der Waals surface area contributed by atoms with Crippen LogP contribution in [0.3, 0.4) is 0 Å². The van der Waals surface area contributed by atoms with Gasteiger partial charge in [0.1, 0.15) is 0 Å². The first-order valence-corrected chi connectivity index (χ1v) is 9.98. The van der Waals surface area contributed by atoms with Crippen molar-refractivity contribution in [3.63, 3.8) is 0 Å². The molecule has 2 aromatic carbocycles. The van der Waals surface area contributed by atoms with Gasteiger partial charge in [0.25, 0.3) is 5.91 Å². The van der Waals surface area contributed by atoms with E-state index in [0.29, 0.717) is 5.69 Å². The molecule has 0 saturated heterocycles. The molecule has 7 nitrogen and oxygen atoms in total. The zero-order valence-electron chi connectivity index (χ0n) is 14.1. The largest absolute Gasteiger partial charge is 0.452 e. The Hall–Kier alpha value is -1.98. The number of carbonyl (C=O) groups is 2. The highest BCUT2D eigenvalue weighted by atomic mass is 127. The number of esters is 1. The molecule has 2 rings (SSSR count). The fourth-order valence-corrected chi connectivity index (χ4v) is 3.43. The summed E-state index contributed by atoms with van der Waals surface area (Å²) in [5.74, 6) is -1.27. The topological polar surface area (TPSA) is 92.8 Å². The second kappa shape index (κ2) is 8.60. The molecule has 0 aliphatic heterocycles. The standard InChI is InChI=1S/C17H17IN2O5S/c1-20(2)26(23,24)13-7-5-6-12(10-13)17(22)25-11-16(21)19-15-9-4-3-8-14(15)18/h3-10H,11H2,1-2H3,(H,19,21). The van der Waals surface area contributed by atoms with Crippen LogP contribution in [0, 0.1) is 3.57 Å². The van der Waals surface area contributed by atoms with Crippen molar-refractivity contribution >= 4 is 50.2 Å². The number of hydrogen-bond donors (Lipinski definition) is 1. The molecule has 0 fully saturated rings. The molecule has 0 saturated carbocycles. The van der Waals surface area contributed by atoms with E-state index in [1.54, 1.807) is 12.1 Å². The molecule has 9 heteroatoms. The summed E-state index contributed by atoms with van der Waals surface area (Å²) >= 11 is 2.08. The third-order valence-electron chi connectivity index (χ3n) is 3.33. The maximum absolute atomic E-state index is 12.1. The summed E-state index contributed by atoms with van der Waals surface area (Å²) in [6.07, 6.45) is 0. The van der Waals surface area contributed by atoms with Gasteiger partial charge in [-0.1, -0.05) is 18.2 Å². The Balaban J connectivity index is 2.02. The second-order valence-corrected chi connectivity index (χ2v) is 8.73. The number of sulfonamides is 1. The third kappa shape index (κ3) is 5.02. The molecular weight excluding hydrogens is 471 g/mol. The van der Waals surface area contributed by atoms with E-state index in [1.165, 1.54) is 38.4 Å². The molecule has 1 amide bonds. The average molecular weight is 488 g/mol. The highest BCUT2D eigenvalue weighted by Gasteiger charge is 2.19. The van der Waals surface area contributed by atoms with Gasteiger partial charge in [0.15, 0.2) is 6.61 Å².